The first-order valence-electron chi connectivity index (χ1n) is 8.16. The van der Waals surface area contributed by atoms with E-state index in [1.807, 2.05) is 25.1 Å². The predicted molar refractivity (Wildman–Crippen MR) is 91.8 cm³/mol. The standard InChI is InChI=1S/C17H24N2O4S/c1-12-4-5-14(17(8-12)23-3)9-18-6-7-19(13(2)20)16-11-24(21,22)10-15(16)18/h4-5,8,15-16H,6-7,9-11H2,1-3H3/t15-,16+/m1/s1. The topological polar surface area (TPSA) is 66.9 Å². The Morgan fingerprint density at radius 2 is 1.96 bits per heavy atom. The van der Waals surface area contributed by atoms with Gasteiger partial charge < -0.3 is 9.64 Å². The van der Waals surface area contributed by atoms with Crippen molar-refractivity contribution >= 4 is 15.7 Å². The molecule has 2 fully saturated rings. The monoisotopic (exact) mass is 352 g/mol. The van der Waals surface area contributed by atoms with E-state index in [2.05, 4.69) is 4.90 Å². The van der Waals surface area contributed by atoms with Crippen molar-refractivity contribution in [3.8, 4) is 5.75 Å². The summed E-state index contributed by atoms with van der Waals surface area (Å²) in [6.07, 6.45) is 0. The van der Waals surface area contributed by atoms with Crippen molar-refractivity contribution < 1.29 is 17.9 Å². The molecule has 7 heteroatoms. The molecule has 0 saturated carbocycles. The first kappa shape index (κ1) is 17.2. The summed E-state index contributed by atoms with van der Waals surface area (Å²) in [7, 11) is -1.46. The smallest absolute Gasteiger partial charge is 0.219 e. The molecule has 2 aliphatic rings. The molecule has 1 amide bonds. The second kappa shape index (κ2) is 6.37. The van der Waals surface area contributed by atoms with E-state index in [1.165, 1.54) is 6.92 Å². The number of rotatable bonds is 3. The van der Waals surface area contributed by atoms with Gasteiger partial charge in [0.2, 0.25) is 5.91 Å². The number of methoxy groups -OCH3 is 1. The van der Waals surface area contributed by atoms with Crippen LogP contribution in [0.3, 0.4) is 0 Å². The Morgan fingerprint density at radius 1 is 1.25 bits per heavy atom. The molecule has 2 atom stereocenters. The van der Waals surface area contributed by atoms with Gasteiger partial charge in [0.05, 0.1) is 24.7 Å². The molecular weight excluding hydrogens is 328 g/mol. The molecule has 0 aromatic heterocycles. The van der Waals surface area contributed by atoms with Crippen LogP contribution in [0.15, 0.2) is 18.2 Å². The minimum absolute atomic E-state index is 0.0466. The highest BCUT2D eigenvalue weighted by molar-refractivity contribution is 7.91. The van der Waals surface area contributed by atoms with Crippen LogP contribution in [0.2, 0.25) is 0 Å². The van der Waals surface area contributed by atoms with Gasteiger partial charge >= 0.3 is 0 Å². The van der Waals surface area contributed by atoms with Gasteiger partial charge in [-0.3, -0.25) is 9.69 Å². The number of aryl methyl sites for hydroxylation is 1. The summed E-state index contributed by atoms with van der Waals surface area (Å²) in [5.41, 5.74) is 2.17. The zero-order valence-electron chi connectivity index (χ0n) is 14.4. The number of ether oxygens (including phenoxy) is 1. The third kappa shape index (κ3) is 3.28. The van der Waals surface area contributed by atoms with E-state index in [0.29, 0.717) is 19.6 Å². The average molecular weight is 352 g/mol. The van der Waals surface area contributed by atoms with Gasteiger partial charge in [0.15, 0.2) is 9.84 Å². The second-order valence-corrected chi connectivity index (χ2v) is 8.86. The Balaban J connectivity index is 1.86. The fraction of sp³-hybridized carbons (Fsp3) is 0.588. The molecule has 0 spiro atoms. The molecule has 3 rings (SSSR count). The number of nitrogens with zero attached hydrogens (tertiary/aromatic N) is 2. The third-order valence-electron chi connectivity index (χ3n) is 5.01. The van der Waals surface area contributed by atoms with Gasteiger partial charge in [0.1, 0.15) is 5.75 Å². The molecule has 0 N–H and O–H groups in total. The van der Waals surface area contributed by atoms with Gasteiger partial charge in [-0.2, -0.15) is 0 Å². The Labute approximate surface area is 143 Å². The molecule has 1 aromatic rings. The predicted octanol–water partition coefficient (Wildman–Crippen LogP) is 0.833. The zero-order valence-corrected chi connectivity index (χ0v) is 15.2. The van der Waals surface area contributed by atoms with Gasteiger partial charge in [-0.1, -0.05) is 12.1 Å². The summed E-state index contributed by atoms with van der Waals surface area (Å²) in [5, 5.41) is 0. The van der Waals surface area contributed by atoms with Crippen LogP contribution >= 0.6 is 0 Å². The Kier molecular flexibility index (Phi) is 4.57. The Bertz CT molecular complexity index is 747. The van der Waals surface area contributed by atoms with E-state index in [0.717, 1.165) is 16.9 Å². The van der Waals surface area contributed by atoms with Crippen LogP contribution in [-0.4, -0.2) is 67.9 Å². The summed E-state index contributed by atoms with van der Waals surface area (Å²) >= 11 is 0. The molecule has 2 heterocycles. The van der Waals surface area contributed by atoms with Crippen molar-refractivity contribution in [3.05, 3.63) is 29.3 Å². The maximum atomic E-state index is 12.1. The fourth-order valence-electron chi connectivity index (χ4n) is 3.81. The SMILES string of the molecule is COc1cc(C)ccc1CN1CCN(C(C)=O)[C@H]2CS(=O)(=O)C[C@H]21. The van der Waals surface area contributed by atoms with E-state index in [4.69, 9.17) is 4.74 Å². The number of benzene rings is 1. The number of amides is 1. The van der Waals surface area contributed by atoms with Crippen LogP contribution in [-0.2, 0) is 21.2 Å². The van der Waals surface area contributed by atoms with Gasteiger partial charge in [0, 0.05) is 38.2 Å². The van der Waals surface area contributed by atoms with Crippen LogP contribution in [0.4, 0.5) is 0 Å². The molecule has 2 aliphatic heterocycles. The van der Waals surface area contributed by atoms with Gasteiger partial charge in [-0.15, -0.1) is 0 Å². The summed E-state index contributed by atoms with van der Waals surface area (Å²) in [6, 6.07) is 5.68. The fourth-order valence-corrected chi connectivity index (χ4v) is 5.83. The number of sulfone groups is 1. The summed E-state index contributed by atoms with van der Waals surface area (Å²) in [6.45, 7) is 5.40. The first-order chi connectivity index (χ1) is 11.3. The first-order valence-corrected chi connectivity index (χ1v) is 9.98. The summed E-state index contributed by atoms with van der Waals surface area (Å²) < 4.78 is 29.8. The Hall–Kier alpha value is -1.60. The molecule has 2 saturated heterocycles. The molecule has 1 aromatic carbocycles. The Morgan fingerprint density at radius 3 is 2.62 bits per heavy atom. The largest absolute Gasteiger partial charge is 0.496 e. The van der Waals surface area contributed by atoms with Crippen molar-refractivity contribution in [2.45, 2.75) is 32.5 Å². The normalized spacial score (nSPS) is 26.2. The lowest BCUT2D eigenvalue weighted by Crippen LogP contribution is -2.59. The van der Waals surface area contributed by atoms with E-state index in [1.54, 1.807) is 12.0 Å². The highest BCUT2D eigenvalue weighted by Gasteiger charge is 2.47. The second-order valence-electron chi connectivity index (χ2n) is 6.71. The average Bonchev–Trinajstić information content (AvgIpc) is 2.84. The van der Waals surface area contributed by atoms with Crippen molar-refractivity contribution in [3.63, 3.8) is 0 Å². The van der Waals surface area contributed by atoms with E-state index in [-0.39, 0.29) is 29.5 Å². The number of fused-ring (bicyclic) bond motifs is 1. The van der Waals surface area contributed by atoms with Crippen molar-refractivity contribution in [2.24, 2.45) is 0 Å². The zero-order chi connectivity index (χ0) is 17.5. The molecule has 24 heavy (non-hydrogen) atoms. The van der Waals surface area contributed by atoms with Gasteiger partial charge in [-0.05, 0) is 18.6 Å². The van der Waals surface area contributed by atoms with E-state index in [9.17, 15) is 13.2 Å². The minimum Gasteiger partial charge on any atom is -0.496 e. The highest BCUT2D eigenvalue weighted by atomic mass is 32.2. The summed E-state index contributed by atoms with van der Waals surface area (Å²) in [4.78, 5) is 15.8. The van der Waals surface area contributed by atoms with Crippen LogP contribution in [0.1, 0.15) is 18.1 Å². The van der Waals surface area contributed by atoms with Crippen molar-refractivity contribution in [2.75, 3.05) is 31.7 Å². The minimum atomic E-state index is -3.11. The number of hydrogen-bond acceptors (Lipinski definition) is 5. The maximum Gasteiger partial charge on any atom is 0.219 e. The lowest BCUT2D eigenvalue weighted by atomic mass is 10.0. The quantitative estimate of drug-likeness (QED) is 0.806. The third-order valence-corrected chi connectivity index (χ3v) is 6.71. The lowest BCUT2D eigenvalue weighted by molar-refractivity contribution is -0.134. The van der Waals surface area contributed by atoms with Gasteiger partial charge in [0.25, 0.3) is 0 Å². The van der Waals surface area contributed by atoms with Crippen molar-refractivity contribution in [1.82, 2.24) is 9.80 Å². The lowest BCUT2D eigenvalue weighted by Gasteiger charge is -2.43. The van der Waals surface area contributed by atoms with Crippen LogP contribution in [0.25, 0.3) is 0 Å². The maximum absolute atomic E-state index is 12.1. The molecule has 0 radical (unpaired) electrons. The van der Waals surface area contributed by atoms with Crippen LogP contribution in [0, 0.1) is 6.92 Å². The molecule has 0 aliphatic carbocycles. The van der Waals surface area contributed by atoms with Crippen molar-refractivity contribution in [1.29, 1.82) is 0 Å². The highest BCUT2D eigenvalue weighted by Crippen LogP contribution is 2.30. The van der Waals surface area contributed by atoms with Gasteiger partial charge in [-0.25, -0.2) is 8.42 Å². The number of carbonyl (C=O) groups excluding carboxylic acids is 1. The molecular formula is C17H24N2O4S. The molecule has 0 bridgehead atoms. The molecule has 6 nitrogen and oxygen atoms in total. The number of carbonyl (C=O) groups is 1. The van der Waals surface area contributed by atoms with E-state index < -0.39 is 9.84 Å². The molecule has 0 unspecified atom stereocenters. The van der Waals surface area contributed by atoms with Crippen LogP contribution in [0.5, 0.6) is 5.75 Å². The number of piperazine rings is 1. The summed E-state index contributed by atoms with van der Waals surface area (Å²) in [5.74, 6) is 0.963. The van der Waals surface area contributed by atoms with Crippen LogP contribution < -0.4 is 4.74 Å². The number of hydrogen-bond donors (Lipinski definition) is 0. The van der Waals surface area contributed by atoms with E-state index >= 15 is 0 Å². The molecule has 132 valence electrons.